The Balaban J connectivity index is 1.46. The van der Waals surface area contributed by atoms with Gasteiger partial charge in [0.15, 0.2) is 0 Å². The third kappa shape index (κ3) is 5.47. The number of hydrogen-bond acceptors (Lipinski definition) is 10. The van der Waals surface area contributed by atoms with Crippen molar-refractivity contribution in [2.45, 2.75) is 52.4 Å². The predicted molar refractivity (Wildman–Crippen MR) is 135 cm³/mol. The number of hydrazine groups is 1. The average molecular weight is 499 g/mol. The van der Waals surface area contributed by atoms with Crippen molar-refractivity contribution in [3.8, 4) is 5.75 Å². The van der Waals surface area contributed by atoms with Gasteiger partial charge in [-0.25, -0.2) is 14.8 Å². The number of imide groups is 1. The molecule has 3 aliphatic heterocycles. The van der Waals surface area contributed by atoms with Crippen LogP contribution in [0.25, 0.3) is 0 Å². The van der Waals surface area contributed by atoms with Crippen LogP contribution in [0.3, 0.4) is 0 Å². The van der Waals surface area contributed by atoms with E-state index in [4.69, 9.17) is 19.9 Å². The Kier molecular flexibility index (Phi) is 7.23. The minimum Gasteiger partial charge on any atom is -0.495 e. The van der Waals surface area contributed by atoms with Crippen LogP contribution in [0.4, 0.5) is 10.5 Å². The zero-order chi connectivity index (χ0) is 26.0. The van der Waals surface area contributed by atoms with Gasteiger partial charge in [0, 0.05) is 18.3 Å². The summed E-state index contributed by atoms with van der Waals surface area (Å²) < 4.78 is 16.5. The molecule has 0 radical (unpaired) electrons. The number of anilines is 1. The summed E-state index contributed by atoms with van der Waals surface area (Å²) >= 11 is 0. The molecule has 4 rings (SSSR count). The fraction of sp³-hybridized carbons (Fsp3) is 0.480. The highest BCUT2D eigenvalue weighted by atomic mass is 16.6. The summed E-state index contributed by atoms with van der Waals surface area (Å²) in [4.78, 5) is 29.9. The highest BCUT2D eigenvalue weighted by Gasteiger charge is 2.42. The molecule has 11 nitrogen and oxygen atoms in total. The van der Waals surface area contributed by atoms with E-state index in [9.17, 15) is 9.59 Å². The number of rotatable bonds is 7. The summed E-state index contributed by atoms with van der Waals surface area (Å²) in [5, 5.41) is 9.52. The van der Waals surface area contributed by atoms with Crippen molar-refractivity contribution in [1.29, 1.82) is 0 Å². The third-order valence-electron chi connectivity index (χ3n) is 5.91. The molecule has 0 fully saturated rings. The first-order valence-electron chi connectivity index (χ1n) is 11.9. The van der Waals surface area contributed by atoms with Crippen LogP contribution in [-0.4, -0.2) is 66.3 Å². The number of carbonyl (C=O) groups is 2. The van der Waals surface area contributed by atoms with Gasteiger partial charge in [-0.3, -0.25) is 15.1 Å². The van der Waals surface area contributed by atoms with Gasteiger partial charge in [-0.1, -0.05) is 6.07 Å². The van der Waals surface area contributed by atoms with E-state index in [1.54, 1.807) is 27.9 Å². The van der Waals surface area contributed by atoms with Crippen LogP contribution in [0.15, 0.2) is 46.4 Å². The number of carbonyl (C=O) groups excluding carboxylic acids is 2. The molecule has 0 aliphatic carbocycles. The van der Waals surface area contributed by atoms with Gasteiger partial charge >= 0.3 is 6.09 Å². The first-order chi connectivity index (χ1) is 17.1. The van der Waals surface area contributed by atoms with Crippen molar-refractivity contribution < 1.29 is 23.8 Å². The maximum Gasteiger partial charge on any atom is 0.414 e. The number of nitrogens with zero attached hydrogens (tertiary/aromatic N) is 3. The maximum absolute atomic E-state index is 13.1. The van der Waals surface area contributed by atoms with Crippen LogP contribution in [0.1, 0.15) is 39.7 Å². The molecule has 0 spiro atoms. The van der Waals surface area contributed by atoms with Crippen LogP contribution >= 0.6 is 0 Å². The van der Waals surface area contributed by atoms with E-state index < -0.39 is 17.6 Å². The molecule has 11 heteroatoms. The van der Waals surface area contributed by atoms with Gasteiger partial charge in [0.25, 0.3) is 5.91 Å². The van der Waals surface area contributed by atoms with E-state index in [2.05, 4.69) is 15.6 Å². The molecule has 0 bridgehead atoms. The van der Waals surface area contributed by atoms with Crippen molar-refractivity contribution >= 4 is 23.5 Å². The molecule has 36 heavy (non-hydrogen) atoms. The molecule has 1 atom stereocenters. The number of methoxy groups -OCH3 is 1. The second-order valence-electron chi connectivity index (χ2n) is 9.90. The molecule has 3 aliphatic rings. The van der Waals surface area contributed by atoms with Gasteiger partial charge in [-0.15, -0.1) is 0 Å². The summed E-state index contributed by atoms with van der Waals surface area (Å²) in [5.41, 5.74) is 8.26. The monoisotopic (exact) mass is 498 g/mol. The number of alkyl carbamates (subject to hydrolysis) is 1. The van der Waals surface area contributed by atoms with Gasteiger partial charge in [0.2, 0.25) is 0 Å². The molecule has 4 N–H and O–H groups in total. The molecule has 194 valence electrons. The zero-order valence-electron chi connectivity index (χ0n) is 21.4. The molecule has 0 saturated carbocycles. The lowest BCUT2D eigenvalue weighted by Crippen LogP contribution is -2.51. The summed E-state index contributed by atoms with van der Waals surface area (Å²) in [7, 11) is 1.58. The number of ether oxygens (including phenoxy) is 3. The number of amidine groups is 1. The van der Waals surface area contributed by atoms with Crippen molar-refractivity contribution in [2.75, 3.05) is 32.5 Å². The van der Waals surface area contributed by atoms with E-state index >= 15 is 0 Å². The minimum absolute atomic E-state index is 0.105. The molecule has 2 amide bonds. The van der Waals surface area contributed by atoms with Gasteiger partial charge < -0.3 is 25.3 Å². The Bertz CT molecular complexity index is 1140. The van der Waals surface area contributed by atoms with E-state index in [1.165, 1.54) is 0 Å². The zero-order valence-corrected chi connectivity index (χ0v) is 21.4. The van der Waals surface area contributed by atoms with Crippen LogP contribution in [0, 0.1) is 0 Å². The van der Waals surface area contributed by atoms with Crippen molar-refractivity contribution in [3.63, 3.8) is 0 Å². The summed E-state index contributed by atoms with van der Waals surface area (Å²) in [6.07, 6.45) is 1.91. The maximum atomic E-state index is 13.1. The molecule has 0 aromatic heterocycles. The molecule has 3 heterocycles. The van der Waals surface area contributed by atoms with E-state index in [0.717, 1.165) is 23.4 Å². The summed E-state index contributed by atoms with van der Waals surface area (Å²) in [6, 6.07) is 5.45. The number of amides is 2. The number of fused-ring (bicyclic) bond motifs is 3. The number of aliphatic imine (C=N–C) groups is 1. The quantitative estimate of drug-likeness (QED) is 0.485. The van der Waals surface area contributed by atoms with Gasteiger partial charge in [-0.05, 0) is 51.8 Å². The largest absolute Gasteiger partial charge is 0.495 e. The topological polar surface area (TPSA) is 131 Å². The van der Waals surface area contributed by atoms with Crippen LogP contribution in [0.2, 0.25) is 0 Å². The first-order valence-corrected chi connectivity index (χ1v) is 11.9. The van der Waals surface area contributed by atoms with E-state index in [0.29, 0.717) is 42.6 Å². The molecule has 1 aromatic carbocycles. The number of nitrogens with one attached hydrogen (secondary N) is 2. The molecule has 1 unspecified atom stereocenters. The van der Waals surface area contributed by atoms with Crippen LogP contribution in [0.5, 0.6) is 5.75 Å². The van der Waals surface area contributed by atoms with Gasteiger partial charge in [0.1, 0.15) is 23.0 Å². The predicted octanol–water partition coefficient (Wildman–Crippen LogP) is 2.27. The third-order valence-corrected chi connectivity index (χ3v) is 5.91. The normalized spacial score (nSPS) is 18.1. The molecule has 0 saturated heterocycles. The Labute approximate surface area is 210 Å². The number of hydrogen-bond donors (Lipinski definition) is 3. The average Bonchev–Trinajstić information content (AvgIpc) is 3.42. The fourth-order valence-corrected chi connectivity index (χ4v) is 4.24. The van der Waals surface area contributed by atoms with Gasteiger partial charge in [0.05, 0.1) is 44.2 Å². The number of nitrogen functional groups attached to an aromatic ring is 1. The van der Waals surface area contributed by atoms with E-state index in [1.807, 2.05) is 41.3 Å². The standard InChI is InChI=1S/C25H34N6O5/c1-15(13-35-14-16-6-7-20(34-5)19(26)10-16)30-12-18(23(32)29-24(33)36-25(2,3)4)22-28-11-17-8-9-27-21(17)31(22)30/h6-7,10-11,15,28H,8-9,12-14,26H2,1-5H3,(H,29,32,33). The van der Waals surface area contributed by atoms with Crippen molar-refractivity contribution in [1.82, 2.24) is 20.7 Å². The highest BCUT2D eigenvalue weighted by molar-refractivity contribution is 6.07. The lowest BCUT2D eigenvalue weighted by Gasteiger charge is -2.38. The highest BCUT2D eigenvalue weighted by Crippen LogP contribution is 2.32. The fourth-order valence-electron chi connectivity index (χ4n) is 4.24. The Hall–Kier alpha value is -3.57. The Morgan fingerprint density at radius 1 is 1.31 bits per heavy atom. The van der Waals surface area contributed by atoms with Crippen LogP contribution < -0.4 is 21.1 Å². The Morgan fingerprint density at radius 2 is 2.08 bits per heavy atom. The second-order valence-corrected chi connectivity index (χ2v) is 9.90. The summed E-state index contributed by atoms with van der Waals surface area (Å²) in [5.74, 6) is 1.49. The summed E-state index contributed by atoms with van der Waals surface area (Å²) in [6.45, 7) is 8.97. The molecule has 1 aromatic rings. The number of nitrogens with two attached hydrogens (primary N) is 1. The van der Waals surface area contributed by atoms with Crippen LogP contribution in [-0.2, 0) is 20.9 Å². The molecular formula is C25H34N6O5. The van der Waals surface area contributed by atoms with E-state index in [-0.39, 0.29) is 12.6 Å². The second kappa shape index (κ2) is 10.2. The van der Waals surface area contributed by atoms with Crippen molar-refractivity contribution in [3.05, 3.63) is 46.9 Å². The Morgan fingerprint density at radius 3 is 2.78 bits per heavy atom. The smallest absolute Gasteiger partial charge is 0.414 e. The van der Waals surface area contributed by atoms with Gasteiger partial charge in [-0.2, -0.15) is 0 Å². The minimum atomic E-state index is -0.786. The van der Waals surface area contributed by atoms with Crippen molar-refractivity contribution in [2.24, 2.45) is 4.99 Å². The SMILES string of the molecule is COc1ccc(COCC(C)N2CC(C(=O)NC(=O)OC(C)(C)C)=C3NC=C4CCN=C4N32)cc1N. The number of benzene rings is 1. The lowest BCUT2D eigenvalue weighted by atomic mass is 10.2. The molecular weight excluding hydrogens is 464 g/mol. The lowest BCUT2D eigenvalue weighted by molar-refractivity contribution is -0.117. The first kappa shape index (κ1) is 25.5.